The number of unbranched alkanes of at least 4 members (excludes halogenated alkanes) is 5. The van der Waals surface area contributed by atoms with E-state index in [2.05, 4.69) is 69.1 Å². The second-order valence-corrected chi connectivity index (χ2v) is 8.13. The fourth-order valence-electron chi connectivity index (χ4n) is 3.53. The molecule has 0 fully saturated rings. The van der Waals surface area contributed by atoms with Crippen molar-refractivity contribution in [2.45, 2.75) is 58.3 Å². The zero-order valence-electron chi connectivity index (χ0n) is 13.8. The molecule has 3 rings (SSSR count). The third kappa shape index (κ3) is 3.74. The fourth-order valence-corrected chi connectivity index (χ4v) is 4.70. The Bertz CT molecular complexity index is 688. The molecule has 0 nitrogen and oxygen atoms in total. The van der Waals surface area contributed by atoms with E-state index in [1.54, 1.807) is 0 Å². The molecule has 0 atom stereocenters. The van der Waals surface area contributed by atoms with Crippen molar-refractivity contribution in [3.63, 3.8) is 0 Å². The van der Waals surface area contributed by atoms with Crippen LogP contribution >= 0.6 is 31.9 Å². The minimum Gasteiger partial charge on any atom is -0.0654 e. The lowest BCUT2D eigenvalue weighted by atomic mass is 9.99. The predicted octanol–water partition coefficient (Wildman–Crippen LogP) is 7.69. The highest BCUT2D eigenvalue weighted by Crippen LogP contribution is 2.44. The Labute approximate surface area is 157 Å². The number of aryl methyl sites for hydroxylation is 1. The maximum atomic E-state index is 3.84. The van der Waals surface area contributed by atoms with Crippen LogP contribution in [0.1, 0.15) is 62.1 Å². The molecule has 0 amide bonds. The van der Waals surface area contributed by atoms with Gasteiger partial charge in [-0.05, 0) is 85.0 Å². The van der Waals surface area contributed by atoms with Crippen molar-refractivity contribution in [2.75, 3.05) is 0 Å². The average Bonchev–Trinajstić information content (AvgIpc) is 2.94. The highest BCUT2D eigenvalue weighted by atomic mass is 79.9. The van der Waals surface area contributed by atoms with E-state index < -0.39 is 0 Å². The third-order valence-corrected chi connectivity index (χ3v) is 7.17. The summed E-state index contributed by atoms with van der Waals surface area (Å²) in [5, 5.41) is 0. The van der Waals surface area contributed by atoms with Crippen molar-refractivity contribution >= 4 is 31.9 Å². The van der Waals surface area contributed by atoms with Gasteiger partial charge in [-0.15, -0.1) is 0 Å². The molecule has 0 saturated heterocycles. The van der Waals surface area contributed by atoms with Crippen LogP contribution in [0.3, 0.4) is 0 Å². The summed E-state index contributed by atoms with van der Waals surface area (Å²) in [7, 11) is 0. The van der Waals surface area contributed by atoms with Gasteiger partial charge >= 0.3 is 0 Å². The molecule has 0 heterocycles. The van der Waals surface area contributed by atoms with Gasteiger partial charge in [0.05, 0.1) is 0 Å². The minimum absolute atomic E-state index is 1.04. The van der Waals surface area contributed by atoms with Crippen LogP contribution in [0.15, 0.2) is 39.3 Å². The van der Waals surface area contributed by atoms with Crippen molar-refractivity contribution in [2.24, 2.45) is 0 Å². The summed E-state index contributed by atoms with van der Waals surface area (Å²) < 4.78 is 2.52. The lowest BCUT2D eigenvalue weighted by Crippen LogP contribution is -1.93. The summed E-state index contributed by atoms with van der Waals surface area (Å²) >= 11 is 7.66. The molecule has 122 valence electrons. The first-order valence-electron chi connectivity index (χ1n) is 8.80. The molecular formula is C21H24Br2. The lowest BCUT2D eigenvalue weighted by molar-refractivity contribution is 0.607. The SMILES string of the molecule is CCCCCCCCc1cc2c(c(Br)c1Br)Cc1ccccc1-2. The molecule has 0 aromatic heterocycles. The zero-order valence-corrected chi connectivity index (χ0v) is 17.0. The van der Waals surface area contributed by atoms with Crippen LogP contribution in [0, 0.1) is 0 Å². The largest absolute Gasteiger partial charge is 0.0654 e. The molecule has 0 saturated carbocycles. The molecule has 0 bridgehead atoms. The summed E-state index contributed by atoms with van der Waals surface area (Å²) in [5.74, 6) is 0. The lowest BCUT2D eigenvalue weighted by Gasteiger charge is -2.12. The molecule has 0 unspecified atom stereocenters. The van der Waals surface area contributed by atoms with Gasteiger partial charge in [0.2, 0.25) is 0 Å². The first-order valence-corrected chi connectivity index (χ1v) is 10.4. The van der Waals surface area contributed by atoms with Crippen LogP contribution in [-0.2, 0) is 12.8 Å². The first-order chi connectivity index (χ1) is 11.2. The second-order valence-electron chi connectivity index (χ2n) is 6.54. The maximum absolute atomic E-state index is 3.84. The highest BCUT2D eigenvalue weighted by molar-refractivity contribution is 9.13. The van der Waals surface area contributed by atoms with E-state index in [-0.39, 0.29) is 0 Å². The van der Waals surface area contributed by atoms with E-state index in [1.165, 1.54) is 81.7 Å². The molecule has 1 aliphatic carbocycles. The summed E-state index contributed by atoms with van der Waals surface area (Å²) in [6.07, 6.45) is 10.3. The van der Waals surface area contributed by atoms with Gasteiger partial charge < -0.3 is 0 Å². The molecule has 0 N–H and O–H groups in total. The van der Waals surface area contributed by atoms with E-state index in [9.17, 15) is 0 Å². The fraction of sp³-hybridized carbons (Fsp3) is 0.429. The maximum Gasteiger partial charge on any atom is 0.0361 e. The Hall–Kier alpha value is -0.600. The Morgan fingerprint density at radius 2 is 1.61 bits per heavy atom. The standard InChI is InChI=1S/C21H24Br2/c1-2-3-4-5-6-7-11-16-14-18-17-12-9-8-10-15(17)13-19(18)21(23)20(16)22/h8-10,12,14H,2-7,11,13H2,1H3. The summed E-state index contributed by atoms with van der Waals surface area (Å²) in [6.45, 7) is 2.27. The molecule has 0 aliphatic heterocycles. The topological polar surface area (TPSA) is 0 Å². The number of rotatable bonds is 7. The van der Waals surface area contributed by atoms with Gasteiger partial charge in [0.15, 0.2) is 0 Å². The Kier molecular flexibility index (Phi) is 5.98. The highest BCUT2D eigenvalue weighted by Gasteiger charge is 2.23. The number of halogens is 2. The average molecular weight is 436 g/mol. The monoisotopic (exact) mass is 434 g/mol. The molecular weight excluding hydrogens is 412 g/mol. The number of benzene rings is 2. The van der Waals surface area contributed by atoms with Crippen molar-refractivity contribution in [3.8, 4) is 11.1 Å². The normalized spacial score (nSPS) is 12.3. The summed E-state index contributed by atoms with van der Waals surface area (Å²) in [6, 6.07) is 11.2. The molecule has 2 heteroatoms. The van der Waals surface area contributed by atoms with Gasteiger partial charge in [-0.2, -0.15) is 0 Å². The minimum atomic E-state index is 1.04. The Morgan fingerprint density at radius 3 is 2.43 bits per heavy atom. The van der Waals surface area contributed by atoms with Crippen molar-refractivity contribution in [1.82, 2.24) is 0 Å². The number of hydrogen-bond donors (Lipinski definition) is 0. The second kappa shape index (κ2) is 7.98. The summed E-state index contributed by atoms with van der Waals surface area (Å²) in [5.41, 5.74) is 7.18. The molecule has 23 heavy (non-hydrogen) atoms. The van der Waals surface area contributed by atoms with Crippen molar-refractivity contribution in [1.29, 1.82) is 0 Å². The van der Waals surface area contributed by atoms with Gasteiger partial charge in [-0.3, -0.25) is 0 Å². The van der Waals surface area contributed by atoms with Crippen LogP contribution < -0.4 is 0 Å². The molecule has 0 radical (unpaired) electrons. The third-order valence-electron chi connectivity index (χ3n) is 4.86. The van der Waals surface area contributed by atoms with E-state index in [0.29, 0.717) is 0 Å². The van der Waals surface area contributed by atoms with Gasteiger partial charge in [-0.25, -0.2) is 0 Å². The van der Waals surface area contributed by atoms with E-state index >= 15 is 0 Å². The molecule has 2 aromatic rings. The van der Waals surface area contributed by atoms with Gasteiger partial charge in [0.25, 0.3) is 0 Å². The van der Waals surface area contributed by atoms with E-state index in [1.807, 2.05) is 0 Å². The van der Waals surface area contributed by atoms with Gasteiger partial charge in [0.1, 0.15) is 0 Å². The predicted molar refractivity (Wildman–Crippen MR) is 107 cm³/mol. The van der Waals surface area contributed by atoms with Crippen molar-refractivity contribution in [3.05, 3.63) is 56.0 Å². The zero-order chi connectivity index (χ0) is 16.2. The number of fused-ring (bicyclic) bond motifs is 3. The molecule has 0 spiro atoms. The Balaban J connectivity index is 1.75. The van der Waals surface area contributed by atoms with Crippen molar-refractivity contribution < 1.29 is 0 Å². The van der Waals surface area contributed by atoms with Crippen LogP contribution in [0.25, 0.3) is 11.1 Å². The summed E-state index contributed by atoms with van der Waals surface area (Å²) in [4.78, 5) is 0. The molecule has 1 aliphatic rings. The van der Waals surface area contributed by atoms with E-state index in [0.717, 1.165) is 6.42 Å². The number of hydrogen-bond acceptors (Lipinski definition) is 0. The van der Waals surface area contributed by atoms with Gasteiger partial charge in [-0.1, -0.05) is 63.3 Å². The Morgan fingerprint density at radius 1 is 0.870 bits per heavy atom. The van der Waals surface area contributed by atoms with Crippen LogP contribution in [0.4, 0.5) is 0 Å². The smallest absolute Gasteiger partial charge is 0.0361 e. The van der Waals surface area contributed by atoms with Crippen LogP contribution in [0.5, 0.6) is 0 Å². The van der Waals surface area contributed by atoms with Crippen LogP contribution in [0.2, 0.25) is 0 Å². The quantitative estimate of drug-likeness (QED) is 0.333. The molecule has 2 aromatic carbocycles. The first kappa shape index (κ1) is 17.2. The van der Waals surface area contributed by atoms with E-state index in [4.69, 9.17) is 0 Å². The van der Waals surface area contributed by atoms with Crippen LogP contribution in [-0.4, -0.2) is 0 Å². The van der Waals surface area contributed by atoms with Gasteiger partial charge in [0, 0.05) is 8.95 Å².